The fourth-order valence-corrected chi connectivity index (χ4v) is 2.40. The van der Waals surface area contributed by atoms with Gasteiger partial charge in [0.1, 0.15) is 5.75 Å². The molecule has 21 heavy (non-hydrogen) atoms. The van der Waals surface area contributed by atoms with Crippen LogP contribution in [0.1, 0.15) is 24.8 Å². The maximum Gasteiger partial charge on any atom is 0.191 e. The number of nitrogens with one attached hydrogen (secondary N) is 2. The van der Waals surface area contributed by atoms with Gasteiger partial charge in [-0.25, -0.2) is 0 Å². The van der Waals surface area contributed by atoms with Gasteiger partial charge in [0, 0.05) is 26.7 Å². The molecule has 5 heteroatoms. The SMILES string of the molecule is CN=C(NCCCc1ccc(O)cc1)NCC1CCCO1. The molecule has 0 radical (unpaired) electrons. The molecule has 1 aromatic rings. The normalized spacial score (nSPS) is 18.7. The van der Waals surface area contributed by atoms with Gasteiger partial charge in [0.25, 0.3) is 0 Å². The van der Waals surface area contributed by atoms with Crippen LogP contribution in [0.4, 0.5) is 0 Å². The number of benzene rings is 1. The van der Waals surface area contributed by atoms with Crippen molar-refractivity contribution in [1.82, 2.24) is 10.6 Å². The Morgan fingerprint density at radius 3 is 2.81 bits per heavy atom. The first kappa shape index (κ1) is 15.6. The second-order valence-electron chi connectivity index (χ2n) is 5.28. The van der Waals surface area contributed by atoms with Crippen LogP contribution in [-0.2, 0) is 11.2 Å². The highest BCUT2D eigenvalue weighted by Crippen LogP contribution is 2.11. The van der Waals surface area contributed by atoms with E-state index in [0.29, 0.717) is 11.9 Å². The van der Waals surface area contributed by atoms with E-state index in [1.807, 2.05) is 12.1 Å². The van der Waals surface area contributed by atoms with Crippen LogP contribution in [0.15, 0.2) is 29.3 Å². The summed E-state index contributed by atoms with van der Waals surface area (Å²) in [5, 5.41) is 15.8. The second-order valence-corrected chi connectivity index (χ2v) is 5.28. The van der Waals surface area contributed by atoms with Crippen LogP contribution in [0.2, 0.25) is 0 Å². The van der Waals surface area contributed by atoms with Crippen LogP contribution in [-0.4, -0.2) is 43.9 Å². The molecular formula is C16H25N3O2. The summed E-state index contributed by atoms with van der Waals surface area (Å²) in [5.74, 6) is 1.15. The molecule has 0 spiro atoms. The van der Waals surface area contributed by atoms with Gasteiger partial charge in [-0.15, -0.1) is 0 Å². The molecule has 0 amide bonds. The number of rotatable bonds is 6. The number of guanidine groups is 1. The van der Waals surface area contributed by atoms with Crippen molar-refractivity contribution < 1.29 is 9.84 Å². The van der Waals surface area contributed by atoms with Gasteiger partial charge in [0.05, 0.1) is 6.10 Å². The fraction of sp³-hybridized carbons (Fsp3) is 0.562. The van der Waals surface area contributed by atoms with Gasteiger partial charge in [-0.1, -0.05) is 12.1 Å². The maximum atomic E-state index is 9.24. The summed E-state index contributed by atoms with van der Waals surface area (Å²) in [6, 6.07) is 7.37. The summed E-state index contributed by atoms with van der Waals surface area (Å²) in [4.78, 5) is 4.21. The van der Waals surface area contributed by atoms with Gasteiger partial charge in [0.15, 0.2) is 5.96 Å². The predicted molar refractivity (Wildman–Crippen MR) is 84.8 cm³/mol. The lowest BCUT2D eigenvalue weighted by molar-refractivity contribution is 0.114. The first-order chi connectivity index (χ1) is 10.3. The van der Waals surface area contributed by atoms with Crippen LogP contribution in [0.3, 0.4) is 0 Å². The van der Waals surface area contributed by atoms with Crippen LogP contribution >= 0.6 is 0 Å². The third-order valence-electron chi connectivity index (χ3n) is 3.62. The summed E-state index contributed by atoms with van der Waals surface area (Å²) in [7, 11) is 1.78. The minimum atomic E-state index is 0.315. The van der Waals surface area contributed by atoms with Gasteiger partial charge >= 0.3 is 0 Å². The van der Waals surface area contributed by atoms with Gasteiger partial charge in [0.2, 0.25) is 0 Å². The summed E-state index contributed by atoms with van der Waals surface area (Å²) < 4.78 is 5.58. The molecule has 1 unspecified atom stereocenters. The molecule has 1 heterocycles. The molecule has 1 fully saturated rings. The molecule has 1 aromatic carbocycles. The van der Waals surface area contributed by atoms with Crippen LogP contribution < -0.4 is 10.6 Å². The third-order valence-corrected chi connectivity index (χ3v) is 3.62. The lowest BCUT2D eigenvalue weighted by Crippen LogP contribution is -2.41. The Balaban J connectivity index is 1.60. The molecule has 1 atom stereocenters. The van der Waals surface area contributed by atoms with Crippen molar-refractivity contribution >= 4 is 5.96 Å². The molecule has 2 rings (SSSR count). The number of ether oxygens (including phenoxy) is 1. The summed E-state index contributed by atoms with van der Waals surface area (Å²) in [5.41, 5.74) is 1.23. The predicted octanol–water partition coefficient (Wildman–Crippen LogP) is 1.67. The van der Waals surface area contributed by atoms with Crippen molar-refractivity contribution in [2.45, 2.75) is 31.8 Å². The molecule has 1 saturated heterocycles. The Labute approximate surface area is 126 Å². The van der Waals surface area contributed by atoms with Crippen molar-refractivity contribution in [3.05, 3.63) is 29.8 Å². The highest BCUT2D eigenvalue weighted by atomic mass is 16.5. The monoisotopic (exact) mass is 291 g/mol. The quantitative estimate of drug-likeness (QED) is 0.424. The number of nitrogens with zero attached hydrogens (tertiary/aromatic N) is 1. The van der Waals surface area contributed by atoms with Crippen LogP contribution in [0.5, 0.6) is 5.75 Å². The van der Waals surface area contributed by atoms with E-state index in [-0.39, 0.29) is 0 Å². The number of aryl methyl sites for hydroxylation is 1. The smallest absolute Gasteiger partial charge is 0.191 e. The Bertz CT molecular complexity index is 439. The zero-order valence-corrected chi connectivity index (χ0v) is 12.6. The molecular weight excluding hydrogens is 266 g/mol. The van der Waals surface area contributed by atoms with Gasteiger partial charge in [-0.05, 0) is 43.4 Å². The Hall–Kier alpha value is -1.75. The van der Waals surface area contributed by atoms with Crippen molar-refractivity contribution in [2.24, 2.45) is 4.99 Å². The molecule has 5 nitrogen and oxygen atoms in total. The maximum absolute atomic E-state index is 9.24. The average molecular weight is 291 g/mol. The van der Waals surface area contributed by atoms with E-state index >= 15 is 0 Å². The number of phenolic OH excluding ortho intramolecular Hbond substituents is 1. The van der Waals surface area contributed by atoms with E-state index in [2.05, 4.69) is 15.6 Å². The average Bonchev–Trinajstić information content (AvgIpc) is 3.02. The second kappa shape index (κ2) is 8.52. The number of hydrogen-bond donors (Lipinski definition) is 3. The largest absolute Gasteiger partial charge is 0.508 e. The molecule has 1 aliphatic rings. The van der Waals surface area contributed by atoms with Crippen molar-refractivity contribution in [1.29, 1.82) is 0 Å². The van der Waals surface area contributed by atoms with E-state index < -0.39 is 0 Å². The number of hydrogen-bond acceptors (Lipinski definition) is 3. The zero-order valence-electron chi connectivity index (χ0n) is 12.6. The molecule has 0 saturated carbocycles. The highest BCUT2D eigenvalue weighted by Gasteiger charge is 2.15. The van der Waals surface area contributed by atoms with E-state index in [4.69, 9.17) is 4.74 Å². The molecule has 0 aromatic heterocycles. The minimum Gasteiger partial charge on any atom is -0.508 e. The van der Waals surface area contributed by atoms with E-state index in [0.717, 1.165) is 51.3 Å². The zero-order chi connectivity index (χ0) is 14.9. The summed E-state index contributed by atoms with van der Waals surface area (Å²) >= 11 is 0. The van der Waals surface area contributed by atoms with E-state index in [9.17, 15) is 5.11 Å². The van der Waals surface area contributed by atoms with Crippen LogP contribution in [0, 0.1) is 0 Å². The van der Waals surface area contributed by atoms with Gasteiger partial charge < -0.3 is 20.5 Å². The molecule has 0 bridgehead atoms. The Morgan fingerprint density at radius 1 is 1.33 bits per heavy atom. The third kappa shape index (κ3) is 5.63. The standard InChI is InChI=1S/C16H25N3O2/c1-17-16(19-12-15-5-3-11-21-15)18-10-2-4-13-6-8-14(20)9-7-13/h6-9,15,20H,2-5,10-12H2,1H3,(H2,17,18,19). The Kier molecular flexibility index (Phi) is 6.34. The lowest BCUT2D eigenvalue weighted by atomic mass is 10.1. The number of phenols is 1. The highest BCUT2D eigenvalue weighted by molar-refractivity contribution is 5.79. The van der Waals surface area contributed by atoms with Gasteiger partial charge in [-0.2, -0.15) is 0 Å². The number of aromatic hydroxyl groups is 1. The van der Waals surface area contributed by atoms with Gasteiger partial charge in [-0.3, -0.25) is 4.99 Å². The molecule has 116 valence electrons. The fourth-order valence-electron chi connectivity index (χ4n) is 2.40. The summed E-state index contributed by atoms with van der Waals surface area (Å²) in [6.07, 6.45) is 4.61. The molecule has 1 aliphatic heterocycles. The topological polar surface area (TPSA) is 65.9 Å². The van der Waals surface area contributed by atoms with Crippen molar-refractivity contribution in [3.8, 4) is 5.75 Å². The van der Waals surface area contributed by atoms with Crippen LogP contribution in [0.25, 0.3) is 0 Å². The molecule has 0 aliphatic carbocycles. The Morgan fingerprint density at radius 2 is 2.14 bits per heavy atom. The van der Waals surface area contributed by atoms with E-state index in [1.54, 1.807) is 19.2 Å². The molecule has 3 N–H and O–H groups in total. The lowest BCUT2D eigenvalue weighted by Gasteiger charge is -2.15. The van der Waals surface area contributed by atoms with Crippen molar-refractivity contribution in [2.75, 3.05) is 26.7 Å². The number of aliphatic imine (C=N–C) groups is 1. The minimum absolute atomic E-state index is 0.315. The first-order valence-corrected chi connectivity index (χ1v) is 7.62. The van der Waals surface area contributed by atoms with Crippen molar-refractivity contribution in [3.63, 3.8) is 0 Å². The summed E-state index contributed by atoms with van der Waals surface area (Å²) in [6.45, 7) is 2.56. The first-order valence-electron chi connectivity index (χ1n) is 7.62. The van der Waals surface area contributed by atoms with E-state index in [1.165, 1.54) is 5.56 Å².